The Bertz CT molecular complexity index is 614. The predicted octanol–water partition coefficient (Wildman–Crippen LogP) is 2.80. The molecule has 0 radical (unpaired) electrons. The highest BCUT2D eigenvalue weighted by Gasteiger charge is 2.45. The summed E-state index contributed by atoms with van der Waals surface area (Å²) in [5, 5.41) is 21.7. The Morgan fingerprint density at radius 2 is 1.68 bits per heavy atom. The fourth-order valence-electron chi connectivity index (χ4n) is 4.17. The van der Waals surface area contributed by atoms with Crippen molar-refractivity contribution in [3.63, 3.8) is 0 Å². The molecule has 5 nitrogen and oxygen atoms in total. The van der Waals surface area contributed by atoms with Crippen molar-refractivity contribution in [2.75, 3.05) is 0 Å². The van der Waals surface area contributed by atoms with Gasteiger partial charge in [0.15, 0.2) is 0 Å². The number of carbonyl (C=O) groups is 1. The number of esters is 1. The smallest absolute Gasteiger partial charge is 0.334 e. The van der Waals surface area contributed by atoms with E-state index in [0.717, 1.165) is 17.6 Å². The van der Waals surface area contributed by atoms with Crippen LogP contribution >= 0.6 is 0 Å². The van der Waals surface area contributed by atoms with E-state index in [0.29, 0.717) is 37.7 Å². The molecule has 0 amide bonds. The summed E-state index contributed by atoms with van der Waals surface area (Å²) in [4.78, 5) is 12.0. The molecule has 0 saturated carbocycles. The number of rotatable bonds is 0. The lowest BCUT2D eigenvalue weighted by Crippen LogP contribution is -2.54. The van der Waals surface area contributed by atoms with Gasteiger partial charge < -0.3 is 19.7 Å². The van der Waals surface area contributed by atoms with Crippen LogP contribution in [0.3, 0.4) is 0 Å². The fraction of sp³-hybridized carbons (Fsp3) is 0.750. The molecule has 0 aromatic heterocycles. The molecule has 2 N–H and O–H groups in total. The van der Waals surface area contributed by atoms with Crippen LogP contribution in [0, 0.1) is 0 Å². The van der Waals surface area contributed by atoms with Gasteiger partial charge in [-0.05, 0) is 77.9 Å². The van der Waals surface area contributed by atoms with Gasteiger partial charge >= 0.3 is 5.97 Å². The minimum atomic E-state index is -1.00. The Morgan fingerprint density at radius 1 is 1.04 bits per heavy atom. The van der Waals surface area contributed by atoms with Gasteiger partial charge in [-0.25, -0.2) is 4.79 Å². The van der Waals surface area contributed by atoms with Crippen molar-refractivity contribution >= 4 is 5.97 Å². The number of carbonyl (C=O) groups excluding carboxylic acids is 1. The van der Waals surface area contributed by atoms with E-state index < -0.39 is 11.2 Å². The summed E-state index contributed by atoms with van der Waals surface area (Å²) in [6.45, 7) is 7.43. The highest BCUT2D eigenvalue weighted by Crippen LogP contribution is 2.39. The lowest BCUT2D eigenvalue weighted by molar-refractivity contribution is -0.216. The van der Waals surface area contributed by atoms with Crippen molar-refractivity contribution in [1.82, 2.24) is 0 Å². The molecule has 5 atom stereocenters. The highest BCUT2D eigenvalue weighted by molar-refractivity contribution is 5.92. The van der Waals surface area contributed by atoms with Gasteiger partial charge in [-0.1, -0.05) is 5.57 Å². The van der Waals surface area contributed by atoms with Crippen LogP contribution in [0.15, 0.2) is 22.8 Å². The van der Waals surface area contributed by atoms with Gasteiger partial charge in [-0.3, -0.25) is 0 Å². The van der Waals surface area contributed by atoms with E-state index in [2.05, 4.69) is 0 Å². The maximum absolute atomic E-state index is 12.0. The van der Waals surface area contributed by atoms with Crippen molar-refractivity contribution < 1.29 is 24.5 Å². The second-order valence-corrected chi connectivity index (χ2v) is 8.39. The zero-order valence-electron chi connectivity index (χ0n) is 15.7. The second kappa shape index (κ2) is 6.53. The minimum Gasteiger partial charge on any atom is -0.450 e. The number of ether oxygens (including phenoxy) is 2. The highest BCUT2D eigenvalue weighted by atomic mass is 16.5. The molecule has 1 fully saturated rings. The summed E-state index contributed by atoms with van der Waals surface area (Å²) >= 11 is 0. The molecule has 1 saturated heterocycles. The van der Waals surface area contributed by atoms with Gasteiger partial charge in [0.05, 0.1) is 23.4 Å². The molecule has 2 bridgehead atoms. The number of allylic oxidation sites excluding steroid dienone is 1. The lowest BCUT2D eigenvalue weighted by atomic mass is 9.79. The molecular weight excluding hydrogens is 320 g/mol. The van der Waals surface area contributed by atoms with Gasteiger partial charge in [0, 0.05) is 5.57 Å². The molecule has 5 heteroatoms. The Hall–Kier alpha value is -1.17. The van der Waals surface area contributed by atoms with Crippen LogP contribution in [0.2, 0.25) is 0 Å². The van der Waals surface area contributed by atoms with Crippen LogP contribution in [-0.4, -0.2) is 45.7 Å². The van der Waals surface area contributed by atoms with Crippen LogP contribution in [-0.2, 0) is 14.3 Å². The molecule has 25 heavy (non-hydrogen) atoms. The van der Waals surface area contributed by atoms with Gasteiger partial charge in [0.1, 0.15) is 6.10 Å². The van der Waals surface area contributed by atoms with Gasteiger partial charge in [-0.2, -0.15) is 0 Å². The van der Waals surface area contributed by atoms with Crippen molar-refractivity contribution in [1.29, 1.82) is 0 Å². The summed E-state index contributed by atoms with van der Waals surface area (Å²) in [7, 11) is 0. The summed E-state index contributed by atoms with van der Waals surface area (Å²) in [6.07, 6.45) is 4.84. The quantitative estimate of drug-likeness (QED) is 0.519. The number of hydrogen-bond donors (Lipinski definition) is 2. The van der Waals surface area contributed by atoms with Gasteiger partial charge in [0.25, 0.3) is 0 Å². The third kappa shape index (κ3) is 3.69. The maximum Gasteiger partial charge on any atom is 0.334 e. The molecule has 3 aliphatic rings. The molecule has 140 valence electrons. The van der Waals surface area contributed by atoms with Gasteiger partial charge in [0.2, 0.25) is 0 Å². The van der Waals surface area contributed by atoms with Crippen LogP contribution in [0.25, 0.3) is 0 Å². The Kier molecular flexibility index (Phi) is 4.86. The summed E-state index contributed by atoms with van der Waals surface area (Å²) < 4.78 is 11.7. The monoisotopic (exact) mass is 350 g/mol. The normalized spacial score (nSPS) is 42.9. The standard InChI is InChI=1S/C20H30O5/c1-12-5-6-16-20(4,23)10-8-17(25-16)19(3,22)9-7-14-13(2)18(21)24-15(14)11-12/h11,15-17,22-23H,5-10H2,1-4H3/t15-,16-,17-,19+,20+/m1/s1. The molecule has 3 heterocycles. The maximum atomic E-state index is 12.0. The van der Waals surface area contributed by atoms with E-state index in [-0.39, 0.29) is 24.3 Å². The molecule has 0 unspecified atom stereocenters. The third-order valence-electron chi connectivity index (χ3n) is 6.13. The Labute approximate surface area is 149 Å². The van der Waals surface area contributed by atoms with Crippen molar-refractivity contribution in [2.45, 2.75) is 95.7 Å². The second-order valence-electron chi connectivity index (χ2n) is 8.39. The number of fused-ring (bicyclic) bond motifs is 3. The fourth-order valence-corrected chi connectivity index (χ4v) is 4.17. The summed E-state index contributed by atoms with van der Waals surface area (Å²) in [6, 6.07) is 0. The SMILES string of the molecule is CC1=C[C@H]2OC(=O)C(C)=C2CC[C@](C)(O)[C@H]2CC[C@](C)(O)[C@@H](CC1)O2. The largest absolute Gasteiger partial charge is 0.450 e. The van der Waals surface area contributed by atoms with Crippen molar-refractivity contribution in [3.05, 3.63) is 22.8 Å². The van der Waals surface area contributed by atoms with E-state index in [4.69, 9.17) is 9.47 Å². The minimum absolute atomic E-state index is 0.267. The average Bonchev–Trinajstić information content (AvgIpc) is 2.77. The van der Waals surface area contributed by atoms with Crippen LogP contribution in [0.5, 0.6) is 0 Å². The predicted molar refractivity (Wildman–Crippen MR) is 93.9 cm³/mol. The molecule has 3 aliphatic heterocycles. The molecule has 0 aromatic rings. The summed E-state index contributed by atoms with van der Waals surface area (Å²) in [5.41, 5.74) is 0.866. The van der Waals surface area contributed by atoms with Gasteiger partial charge in [-0.15, -0.1) is 0 Å². The molecule has 3 rings (SSSR count). The number of aliphatic hydroxyl groups is 2. The van der Waals surface area contributed by atoms with Crippen molar-refractivity contribution in [2.24, 2.45) is 0 Å². The van der Waals surface area contributed by atoms with Crippen LogP contribution in [0.1, 0.15) is 66.2 Å². The first-order valence-electron chi connectivity index (χ1n) is 9.28. The van der Waals surface area contributed by atoms with E-state index in [1.807, 2.05) is 19.9 Å². The Morgan fingerprint density at radius 3 is 2.40 bits per heavy atom. The zero-order chi connectivity index (χ0) is 18.4. The topological polar surface area (TPSA) is 76.0 Å². The van der Waals surface area contributed by atoms with E-state index in [9.17, 15) is 15.0 Å². The average molecular weight is 350 g/mol. The molecular formula is C20H30O5. The summed E-state index contributed by atoms with van der Waals surface area (Å²) in [5.74, 6) is -0.267. The van der Waals surface area contributed by atoms with E-state index in [1.165, 1.54) is 0 Å². The Balaban J connectivity index is 1.92. The zero-order valence-corrected chi connectivity index (χ0v) is 15.7. The lowest BCUT2D eigenvalue weighted by Gasteiger charge is -2.46. The first-order valence-corrected chi connectivity index (χ1v) is 9.28. The van der Waals surface area contributed by atoms with Crippen molar-refractivity contribution in [3.8, 4) is 0 Å². The molecule has 0 aromatic carbocycles. The third-order valence-corrected chi connectivity index (χ3v) is 6.13. The van der Waals surface area contributed by atoms with E-state index >= 15 is 0 Å². The van der Waals surface area contributed by atoms with Crippen LogP contribution in [0.4, 0.5) is 0 Å². The van der Waals surface area contributed by atoms with E-state index in [1.54, 1.807) is 13.8 Å². The first kappa shape index (κ1) is 18.6. The van der Waals surface area contributed by atoms with Crippen LogP contribution < -0.4 is 0 Å². The molecule has 0 aliphatic carbocycles. The first-order chi connectivity index (χ1) is 11.6. The number of hydrogen-bond acceptors (Lipinski definition) is 5. The molecule has 0 spiro atoms.